The molecule has 2 atom stereocenters. The molecular weight excluding hydrogens is 321 g/mol. The first-order chi connectivity index (χ1) is 9.13. The smallest absolute Gasteiger partial charge is 0.271 e. The van der Waals surface area contributed by atoms with Crippen LogP contribution in [0.4, 0.5) is 0 Å². The highest BCUT2D eigenvalue weighted by atomic mass is 35.5. The Morgan fingerprint density at radius 2 is 1.95 bits per heavy atom. The number of hydrogen-bond donors (Lipinski definition) is 2. The zero-order valence-corrected chi connectivity index (χ0v) is 13.5. The van der Waals surface area contributed by atoms with Gasteiger partial charge in [-0.3, -0.25) is 4.79 Å². The predicted octanol–water partition coefficient (Wildman–Crippen LogP) is 2.59. The first-order valence-corrected chi connectivity index (χ1v) is 8.26. The van der Waals surface area contributed by atoms with E-state index in [2.05, 4.69) is 4.36 Å². The van der Waals surface area contributed by atoms with Gasteiger partial charge in [-0.2, -0.15) is 0 Å². The molecule has 0 saturated carbocycles. The maximum atomic E-state index is 12.3. The van der Waals surface area contributed by atoms with Crippen molar-refractivity contribution in [3.8, 4) is 0 Å². The molecule has 1 unspecified atom stereocenters. The van der Waals surface area contributed by atoms with Gasteiger partial charge in [0.2, 0.25) is 0 Å². The Kier molecular flexibility index (Phi) is 5.97. The molecule has 0 bridgehead atoms. The number of carbonyl (C=O) groups excluding carboxylic acids is 1. The van der Waals surface area contributed by atoms with Gasteiger partial charge in [0.25, 0.3) is 5.91 Å². The van der Waals surface area contributed by atoms with Crippen LogP contribution in [0.2, 0.25) is 10.0 Å². The van der Waals surface area contributed by atoms with Crippen LogP contribution in [0.25, 0.3) is 0 Å². The third kappa shape index (κ3) is 4.71. The summed E-state index contributed by atoms with van der Waals surface area (Å²) >= 11 is 11.6. The first-order valence-electron chi connectivity index (χ1n) is 5.93. The number of rotatable bonds is 4. The molecule has 0 heterocycles. The average Bonchev–Trinajstić information content (AvgIpc) is 2.31. The maximum absolute atomic E-state index is 12.3. The zero-order valence-electron chi connectivity index (χ0n) is 11.2. The molecule has 0 radical (unpaired) electrons. The number of benzene rings is 1. The molecule has 8 heteroatoms. The van der Waals surface area contributed by atoms with Crippen molar-refractivity contribution in [3.05, 3.63) is 28.2 Å². The molecule has 1 amide bonds. The van der Waals surface area contributed by atoms with Crippen LogP contribution in [0.15, 0.2) is 27.5 Å². The van der Waals surface area contributed by atoms with Crippen LogP contribution >= 0.6 is 23.2 Å². The SMILES string of the molecule is CC(C)C[C@H](N)C(=O)N=S(N)(=O)c1ccc(Cl)c(Cl)c1. The fourth-order valence-electron chi connectivity index (χ4n) is 1.52. The molecule has 1 rings (SSSR count). The van der Waals surface area contributed by atoms with Crippen molar-refractivity contribution >= 4 is 39.0 Å². The molecule has 20 heavy (non-hydrogen) atoms. The van der Waals surface area contributed by atoms with E-state index < -0.39 is 21.9 Å². The number of nitrogens with two attached hydrogens (primary N) is 2. The zero-order chi connectivity index (χ0) is 15.5. The van der Waals surface area contributed by atoms with Gasteiger partial charge in [0.1, 0.15) is 9.92 Å². The summed E-state index contributed by atoms with van der Waals surface area (Å²) in [6.45, 7) is 3.84. The fraction of sp³-hybridized carbons (Fsp3) is 0.417. The Hall–Kier alpha value is -0.660. The number of hydrogen-bond acceptors (Lipinski definition) is 3. The molecule has 1 aromatic carbocycles. The average molecular weight is 338 g/mol. The van der Waals surface area contributed by atoms with Crippen molar-refractivity contribution in [1.82, 2.24) is 0 Å². The summed E-state index contributed by atoms with van der Waals surface area (Å²) in [6, 6.07) is 3.38. The van der Waals surface area contributed by atoms with Gasteiger partial charge in [-0.1, -0.05) is 37.0 Å². The van der Waals surface area contributed by atoms with Crippen molar-refractivity contribution in [1.29, 1.82) is 0 Å². The first kappa shape index (κ1) is 17.4. The lowest BCUT2D eigenvalue weighted by Gasteiger charge is -2.11. The van der Waals surface area contributed by atoms with Crippen LogP contribution in [0.1, 0.15) is 20.3 Å². The van der Waals surface area contributed by atoms with Crippen molar-refractivity contribution < 1.29 is 9.00 Å². The van der Waals surface area contributed by atoms with E-state index in [9.17, 15) is 9.00 Å². The van der Waals surface area contributed by atoms with Crippen molar-refractivity contribution in [2.75, 3.05) is 0 Å². The van der Waals surface area contributed by atoms with E-state index in [4.69, 9.17) is 34.1 Å². The third-order valence-electron chi connectivity index (χ3n) is 2.50. The molecule has 5 nitrogen and oxygen atoms in total. The van der Waals surface area contributed by atoms with Gasteiger partial charge < -0.3 is 5.73 Å². The molecule has 0 spiro atoms. The molecule has 0 aliphatic rings. The highest BCUT2D eigenvalue weighted by Gasteiger charge is 2.18. The maximum Gasteiger partial charge on any atom is 0.271 e. The number of halogens is 2. The quantitative estimate of drug-likeness (QED) is 0.883. The van der Waals surface area contributed by atoms with Crippen LogP contribution in [0.3, 0.4) is 0 Å². The summed E-state index contributed by atoms with van der Waals surface area (Å²) in [5.74, 6) is -0.458. The summed E-state index contributed by atoms with van der Waals surface area (Å²) in [6.07, 6.45) is 0.444. The molecule has 112 valence electrons. The largest absolute Gasteiger partial charge is 0.320 e. The van der Waals surface area contributed by atoms with Gasteiger partial charge in [-0.15, -0.1) is 4.36 Å². The van der Waals surface area contributed by atoms with Crippen molar-refractivity contribution in [2.45, 2.75) is 31.2 Å². The lowest BCUT2D eigenvalue weighted by molar-refractivity contribution is -0.119. The third-order valence-corrected chi connectivity index (χ3v) is 4.62. The number of amides is 1. The fourth-order valence-corrected chi connectivity index (χ4v) is 2.94. The number of carbonyl (C=O) groups is 1. The minimum Gasteiger partial charge on any atom is -0.320 e. The summed E-state index contributed by atoms with van der Waals surface area (Å²) in [4.78, 5) is 11.9. The van der Waals surface area contributed by atoms with Crippen LogP contribution in [-0.2, 0) is 14.7 Å². The van der Waals surface area contributed by atoms with Crippen LogP contribution < -0.4 is 10.9 Å². The van der Waals surface area contributed by atoms with Gasteiger partial charge in [0, 0.05) is 0 Å². The molecule has 0 fully saturated rings. The number of nitrogens with zero attached hydrogens (tertiary/aromatic N) is 1. The molecule has 0 aliphatic carbocycles. The Labute approximate surface area is 128 Å². The summed E-state index contributed by atoms with van der Waals surface area (Å²) in [7, 11) is -3.38. The monoisotopic (exact) mass is 337 g/mol. The van der Waals surface area contributed by atoms with Gasteiger partial charge in [-0.25, -0.2) is 9.35 Å². The van der Waals surface area contributed by atoms with Crippen molar-refractivity contribution in [2.24, 2.45) is 21.2 Å². The normalized spacial score (nSPS) is 15.8. The molecular formula is C12H17Cl2N3O2S. The van der Waals surface area contributed by atoms with Crippen LogP contribution in [-0.4, -0.2) is 16.2 Å². The standard InChI is InChI=1S/C12H17Cl2N3O2S/c1-7(2)5-11(15)12(18)17-20(16,19)8-3-4-9(13)10(14)6-8/h3-4,6-7,11H,5,15H2,1-2H3,(H2,16,17,18,19)/t11-,20?/m0/s1. The van der Waals surface area contributed by atoms with E-state index >= 15 is 0 Å². The van der Waals surface area contributed by atoms with Crippen LogP contribution in [0.5, 0.6) is 0 Å². The Bertz CT molecular complexity index is 625. The second-order valence-corrected chi connectivity index (χ2v) is 7.42. The minimum absolute atomic E-state index is 0.136. The van der Waals surface area contributed by atoms with E-state index in [-0.39, 0.29) is 15.8 Å². The van der Waals surface area contributed by atoms with Crippen molar-refractivity contribution in [3.63, 3.8) is 0 Å². The van der Waals surface area contributed by atoms with Gasteiger partial charge in [-0.05, 0) is 30.5 Å². The second kappa shape index (κ2) is 6.87. The lowest BCUT2D eigenvalue weighted by atomic mass is 10.0. The van der Waals surface area contributed by atoms with E-state index in [0.717, 1.165) is 0 Å². The summed E-state index contributed by atoms with van der Waals surface area (Å²) in [5, 5.41) is 6.10. The minimum atomic E-state index is -3.38. The Morgan fingerprint density at radius 1 is 1.35 bits per heavy atom. The molecule has 0 aromatic heterocycles. The summed E-state index contributed by atoms with van der Waals surface area (Å²) < 4.78 is 15.8. The molecule has 1 aromatic rings. The van der Waals surface area contributed by atoms with Gasteiger partial charge >= 0.3 is 0 Å². The molecule has 0 saturated heterocycles. The van der Waals surface area contributed by atoms with E-state index in [1.165, 1.54) is 18.2 Å². The van der Waals surface area contributed by atoms with Crippen LogP contribution in [0, 0.1) is 5.92 Å². The Balaban J connectivity index is 3.08. The summed E-state index contributed by atoms with van der Waals surface area (Å²) in [5.41, 5.74) is 5.69. The van der Waals surface area contributed by atoms with Gasteiger partial charge in [0.05, 0.1) is 21.0 Å². The highest BCUT2D eigenvalue weighted by molar-refractivity contribution is 7.91. The molecule has 0 aliphatic heterocycles. The highest BCUT2D eigenvalue weighted by Crippen LogP contribution is 2.24. The Morgan fingerprint density at radius 3 is 2.45 bits per heavy atom. The van der Waals surface area contributed by atoms with E-state index in [1.807, 2.05) is 13.8 Å². The molecule has 4 N–H and O–H groups in total. The second-order valence-electron chi connectivity index (χ2n) is 4.81. The van der Waals surface area contributed by atoms with E-state index in [0.29, 0.717) is 11.4 Å². The lowest BCUT2D eigenvalue weighted by Crippen LogP contribution is -2.32. The predicted molar refractivity (Wildman–Crippen MR) is 81.9 cm³/mol. The van der Waals surface area contributed by atoms with E-state index in [1.54, 1.807) is 0 Å². The van der Waals surface area contributed by atoms with Gasteiger partial charge in [0.15, 0.2) is 0 Å². The topological polar surface area (TPSA) is 98.5 Å².